The summed E-state index contributed by atoms with van der Waals surface area (Å²) >= 11 is 0. The highest BCUT2D eigenvalue weighted by Gasteiger charge is 2.17. The molecule has 0 amide bonds. The van der Waals surface area contributed by atoms with Crippen LogP contribution in [-0.2, 0) is 23.8 Å². The van der Waals surface area contributed by atoms with Gasteiger partial charge < -0.3 is 14.2 Å². The second kappa shape index (κ2) is 46.5. The van der Waals surface area contributed by atoms with Gasteiger partial charge in [0.05, 0.1) is 6.61 Å². The van der Waals surface area contributed by atoms with Crippen LogP contribution in [0.15, 0.2) is 85.1 Å². The Morgan fingerprint density at radius 1 is 0.411 bits per heavy atom. The first-order valence-electron chi connectivity index (χ1n) is 23.1. The molecule has 0 rings (SSSR count). The lowest BCUT2D eigenvalue weighted by atomic mass is 10.1. The van der Waals surface area contributed by atoms with Crippen LogP contribution in [-0.4, -0.2) is 37.9 Å². The molecule has 5 heteroatoms. The van der Waals surface area contributed by atoms with Crippen LogP contribution in [0.2, 0.25) is 0 Å². The lowest BCUT2D eigenvalue weighted by Crippen LogP contribution is -2.30. The van der Waals surface area contributed by atoms with Gasteiger partial charge >= 0.3 is 11.9 Å². The van der Waals surface area contributed by atoms with E-state index in [4.69, 9.17) is 14.2 Å². The molecule has 0 N–H and O–H groups in total. The Kier molecular flexibility index (Phi) is 44.0. The van der Waals surface area contributed by atoms with E-state index in [0.717, 1.165) is 116 Å². The Morgan fingerprint density at radius 2 is 0.804 bits per heavy atom. The number of carbonyl (C=O) groups is 2. The number of ether oxygens (including phenoxy) is 3. The predicted octanol–water partition coefficient (Wildman–Crippen LogP) is 15.3. The summed E-state index contributed by atoms with van der Waals surface area (Å²) in [5.41, 5.74) is 0. The second-order valence-corrected chi connectivity index (χ2v) is 14.9. The predicted molar refractivity (Wildman–Crippen MR) is 242 cm³/mol. The Balaban J connectivity index is 4.19. The van der Waals surface area contributed by atoms with Crippen molar-refractivity contribution in [3.05, 3.63) is 85.1 Å². The SMILES string of the molecule is CC/C=C\C/C=C\C/C=C\C/C=C\CCCCCCC(=O)OCC(COCCCCCCCC)OC(=O)CCCCCCCCC/C=C\C/C=C\C/C=C\CC. The van der Waals surface area contributed by atoms with Crippen LogP contribution in [0, 0.1) is 0 Å². The molecule has 0 spiro atoms. The van der Waals surface area contributed by atoms with Crippen LogP contribution >= 0.6 is 0 Å². The quantitative estimate of drug-likeness (QED) is 0.0351. The van der Waals surface area contributed by atoms with Gasteiger partial charge in [-0.15, -0.1) is 0 Å². The van der Waals surface area contributed by atoms with Crippen molar-refractivity contribution >= 4 is 11.9 Å². The monoisotopic (exact) mass is 779 g/mol. The molecule has 0 saturated heterocycles. The summed E-state index contributed by atoms with van der Waals surface area (Å²) in [6.45, 7) is 7.52. The number of allylic oxidation sites excluding steroid dienone is 14. The number of hydrogen-bond donors (Lipinski definition) is 0. The molecule has 0 radical (unpaired) electrons. The summed E-state index contributed by atoms with van der Waals surface area (Å²) in [4.78, 5) is 25.2. The van der Waals surface area contributed by atoms with Crippen LogP contribution in [0.25, 0.3) is 0 Å². The zero-order valence-electron chi connectivity index (χ0n) is 36.6. The third-order valence-corrected chi connectivity index (χ3v) is 9.43. The molecule has 0 aliphatic rings. The van der Waals surface area contributed by atoms with Gasteiger partial charge in [0.25, 0.3) is 0 Å². The van der Waals surface area contributed by atoms with Crippen molar-refractivity contribution in [3.63, 3.8) is 0 Å². The molecule has 0 aromatic rings. The highest BCUT2D eigenvalue weighted by atomic mass is 16.6. The number of carbonyl (C=O) groups excluding carboxylic acids is 2. The number of rotatable bonds is 41. The molecule has 1 unspecified atom stereocenters. The Labute approximate surface area is 346 Å². The van der Waals surface area contributed by atoms with Crippen molar-refractivity contribution in [1.29, 1.82) is 0 Å². The molecule has 1 atom stereocenters. The highest BCUT2D eigenvalue weighted by Crippen LogP contribution is 2.13. The first-order chi connectivity index (χ1) is 27.6. The summed E-state index contributed by atoms with van der Waals surface area (Å²) in [5, 5.41) is 0. The molecular formula is C51H86O5. The third-order valence-electron chi connectivity index (χ3n) is 9.43. The van der Waals surface area contributed by atoms with E-state index in [1.54, 1.807) is 0 Å². The lowest BCUT2D eigenvalue weighted by Gasteiger charge is -2.18. The average molecular weight is 779 g/mol. The zero-order valence-corrected chi connectivity index (χ0v) is 36.6. The smallest absolute Gasteiger partial charge is 0.306 e. The molecule has 0 aliphatic heterocycles. The van der Waals surface area contributed by atoms with Gasteiger partial charge in [-0.3, -0.25) is 9.59 Å². The lowest BCUT2D eigenvalue weighted by molar-refractivity contribution is -0.163. The number of esters is 2. The minimum Gasteiger partial charge on any atom is -0.462 e. The van der Waals surface area contributed by atoms with Crippen molar-refractivity contribution < 1.29 is 23.8 Å². The van der Waals surface area contributed by atoms with Crippen LogP contribution in [0.5, 0.6) is 0 Å². The van der Waals surface area contributed by atoms with Gasteiger partial charge in [-0.2, -0.15) is 0 Å². The Bertz CT molecular complexity index is 1060. The minimum absolute atomic E-state index is 0.0649. The molecule has 0 aliphatic carbocycles. The average Bonchev–Trinajstić information content (AvgIpc) is 3.20. The maximum Gasteiger partial charge on any atom is 0.306 e. The normalized spacial score (nSPS) is 13.0. The third kappa shape index (κ3) is 43.8. The molecule has 0 aromatic carbocycles. The summed E-state index contributed by atoms with van der Waals surface area (Å²) in [5.74, 6) is -0.443. The molecule has 0 aromatic heterocycles. The van der Waals surface area contributed by atoms with E-state index in [1.165, 1.54) is 51.4 Å². The molecule has 0 fully saturated rings. The van der Waals surface area contributed by atoms with Crippen molar-refractivity contribution in [2.45, 2.75) is 207 Å². The van der Waals surface area contributed by atoms with Crippen LogP contribution in [0.1, 0.15) is 201 Å². The number of unbranched alkanes of at least 4 members (excludes halogenated alkanes) is 16. The molecule has 5 nitrogen and oxygen atoms in total. The molecule has 0 saturated carbocycles. The van der Waals surface area contributed by atoms with Crippen molar-refractivity contribution in [1.82, 2.24) is 0 Å². The topological polar surface area (TPSA) is 61.8 Å². The van der Waals surface area contributed by atoms with Gasteiger partial charge in [0, 0.05) is 19.4 Å². The fourth-order valence-corrected chi connectivity index (χ4v) is 6.04. The van der Waals surface area contributed by atoms with Crippen LogP contribution < -0.4 is 0 Å². The largest absolute Gasteiger partial charge is 0.462 e. The number of hydrogen-bond acceptors (Lipinski definition) is 5. The van der Waals surface area contributed by atoms with Gasteiger partial charge in [0.15, 0.2) is 6.10 Å². The fourth-order valence-electron chi connectivity index (χ4n) is 6.04. The first-order valence-corrected chi connectivity index (χ1v) is 23.1. The van der Waals surface area contributed by atoms with Crippen molar-refractivity contribution in [3.8, 4) is 0 Å². The molecule has 56 heavy (non-hydrogen) atoms. The van der Waals surface area contributed by atoms with Gasteiger partial charge in [-0.1, -0.05) is 183 Å². The fraction of sp³-hybridized carbons (Fsp3) is 0.686. The standard InChI is InChI=1S/C51H86O5/c1-4-7-10-13-16-18-20-22-24-26-28-30-32-34-36-38-41-44-50(52)55-48-49(47-54-46-43-40-15-12-9-6-3)56-51(53)45-42-39-37-35-33-31-29-27-25-23-21-19-17-14-11-8-5-2/h7-8,10-11,16-19,22-25,28,30,49H,4-6,9,12-15,20-21,26-27,29,31-48H2,1-3H3/b10-7-,11-8-,18-16-,19-17-,24-22-,25-23-,30-28-. The van der Waals surface area contributed by atoms with E-state index in [0.29, 0.717) is 19.4 Å². The molecule has 320 valence electrons. The maximum absolute atomic E-state index is 12.7. The highest BCUT2D eigenvalue weighted by molar-refractivity contribution is 5.70. The Hall–Kier alpha value is -2.92. The van der Waals surface area contributed by atoms with E-state index in [-0.39, 0.29) is 25.2 Å². The first kappa shape index (κ1) is 53.1. The zero-order chi connectivity index (χ0) is 40.7. The van der Waals surface area contributed by atoms with Gasteiger partial charge in [0.1, 0.15) is 6.61 Å². The minimum atomic E-state index is -0.550. The van der Waals surface area contributed by atoms with Crippen LogP contribution in [0.4, 0.5) is 0 Å². The van der Waals surface area contributed by atoms with Gasteiger partial charge in [-0.05, 0) is 89.9 Å². The van der Waals surface area contributed by atoms with Crippen LogP contribution in [0.3, 0.4) is 0 Å². The van der Waals surface area contributed by atoms with E-state index in [2.05, 4.69) is 106 Å². The van der Waals surface area contributed by atoms with Crippen molar-refractivity contribution in [2.24, 2.45) is 0 Å². The summed E-state index contributed by atoms with van der Waals surface area (Å²) in [7, 11) is 0. The van der Waals surface area contributed by atoms with Gasteiger partial charge in [0.2, 0.25) is 0 Å². The van der Waals surface area contributed by atoms with E-state index in [9.17, 15) is 9.59 Å². The second-order valence-electron chi connectivity index (χ2n) is 14.9. The van der Waals surface area contributed by atoms with E-state index < -0.39 is 6.10 Å². The maximum atomic E-state index is 12.7. The van der Waals surface area contributed by atoms with Crippen molar-refractivity contribution in [2.75, 3.05) is 19.8 Å². The molecule has 0 heterocycles. The molecule has 0 bridgehead atoms. The Morgan fingerprint density at radius 3 is 1.29 bits per heavy atom. The van der Waals surface area contributed by atoms with E-state index >= 15 is 0 Å². The summed E-state index contributed by atoms with van der Waals surface area (Å²) in [6.07, 6.45) is 60.2. The molecular weight excluding hydrogens is 693 g/mol. The summed E-state index contributed by atoms with van der Waals surface area (Å²) in [6, 6.07) is 0. The van der Waals surface area contributed by atoms with Gasteiger partial charge in [-0.25, -0.2) is 0 Å². The summed E-state index contributed by atoms with van der Waals surface area (Å²) < 4.78 is 17.2. The van der Waals surface area contributed by atoms with E-state index in [1.807, 2.05) is 0 Å².